The van der Waals surface area contributed by atoms with Crippen molar-refractivity contribution >= 4 is 19.0 Å². The Bertz CT molecular complexity index is 999. The lowest BCUT2D eigenvalue weighted by Gasteiger charge is -2.28. The number of nitrogens with zero attached hydrogens (tertiary/aromatic N) is 1. The minimum absolute atomic E-state index is 0.0149. The second-order valence-corrected chi connectivity index (χ2v) is 8.82. The molecule has 174 valence electrons. The first kappa shape index (κ1) is 23.2. The van der Waals surface area contributed by atoms with Crippen LogP contribution in [-0.2, 0) is 17.6 Å². The number of fused-ring (bicyclic) bond motifs is 1. The van der Waals surface area contributed by atoms with Gasteiger partial charge in [-0.3, -0.25) is 9.78 Å². The van der Waals surface area contributed by atoms with Gasteiger partial charge in [-0.1, -0.05) is 24.6 Å². The average Bonchev–Trinajstić information content (AvgIpc) is 2.75. The Hall–Kier alpha value is -2.95. The first-order valence-corrected chi connectivity index (χ1v) is 11.3. The molecule has 1 amide bonds. The molecule has 0 saturated heterocycles. The van der Waals surface area contributed by atoms with Crippen molar-refractivity contribution in [2.24, 2.45) is 11.7 Å². The molecule has 2 heterocycles. The molecule has 10 heteroatoms. The van der Waals surface area contributed by atoms with Gasteiger partial charge in [0, 0.05) is 12.7 Å². The third kappa shape index (κ3) is 5.71. The first-order valence-electron chi connectivity index (χ1n) is 11.3. The van der Waals surface area contributed by atoms with Crippen LogP contribution in [0.25, 0.3) is 0 Å². The maximum Gasteiger partial charge on any atom is 0.547 e. The van der Waals surface area contributed by atoms with Crippen LogP contribution in [0.5, 0.6) is 5.75 Å². The molecule has 0 bridgehead atoms. The smallest absolute Gasteiger partial charge is 0.534 e. The summed E-state index contributed by atoms with van der Waals surface area (Å²) < 4.78 is 5.42. The van der Waals surface area contributed by atoms with Crippen LogP contribution in [0, 0.1) is 5.92 Å². The summed E-state index contributed by atoms with van der Waals surface area (Å²) in [5, 5.41) is 25.8. The summed E-state index contributed by atoms with van der Waals surface area (Å²) in [5.41, 5.74) is 8.32. The predicted octanol–water partition coefficient (Wildman–Crippen LogP) is 0.851. The molecule has 1 aliphatic carbocycles. The number of nitrogens with two attached hydrogens (primary N) is 1. The number of pyridine rings is 1. The number of aromatic nitrogens is 1. The fourth-order valence-electron chi connectivity index (χ4n) is 4.16. The van der Waals surface area contributed by atoms with Crippen LogP contribution >= 0.6 is 0 Å². The summed E-state index contributed by atoms with van der Waals surface area (Å²) in [4.78, 5) is 28.3. The van der Waals surface area contributed by atoms with E-state index in [0.29, 0.717) is 12.1 Å². The van der Waals surface area contributed by atoms with Crippen molar-refractivity contribution < 1.29 is 24.4 Å². The lowest BCUT2D eigenvalue weighted by atomic mass is 9.72. The van der Waals surface area contributed by atoms with Crippen molar-refractivity contribution in [3.8, 4) is 5.75 Å². The van der Waals surface area contributed by atoms with Gasteiger partial charge in [0.15, 0.2) is 0 Å². The lowest BCUT2D eigenvalue weighted by molar-refractivity contribution is -0.120. The molecule has 0 radical (unpaired) electrons. The monoisotopic (exact) mass is 452 g/mol. The highest BCUT2D eigenvalue weighted by atomic mass is 16.5. The summed E-state index contributed by atoms with van der Waals surface area (Å²) >= 11 is 0. The molecule has 6 N–H and O–H groups in total. The Balaban J connectivity index is 1.28. The van der Waals surface area contributed by atoms with E-state index in [9.17, 15) is 19.7 Å². The number of amides is 1. The maximum atomic E-state index is 12.5. The van der Waals surface area contributed by atoms with Gasteiger partial charge in [-0.15, -0.1) is 0 Å². The van der Waals surface area contributed by atoms with Gasteiger partial charge in [-0.25, -0.2) is 4.79 Å². The number of aromatic carboxylic acids is 1. The minimum atomic E-state index is -1.34. The molecule has 1 aliphatic heterocycles. The number of carbonyl (C=O) groups is 2. The quantitative estimate of drug-likeness (QED) is 0.352. The Kier molecular flexibility index (Phi) is 7.27. The standard InChI is InChI=1S/C23H29BN4O5/c25-18(13-26-11-14-3-1-4-14)19-8-7-15(12-27-19)9-21(29)28-20-10-16-5-2-6-17(23(30)31)22(16)33-24(20)32/h2,5-8,12,14,18,20,26,32H,1,3-4,9-11,13,25H2,(H,28,29)(H,30,31). The van der Waals surface area contributed by atoms with E-state index in [-0.39, 0.29) is 36.1 Å². The van der Waals surface area contributed by atoms with Crippen LogP contribution in [-0.4, -0.2) is 53.1 Å². The van der Waals surface area contributed by atoms with E-state index >= 15 is 0 Å². The van der Waals surface area contributed by atoms with Gasteiger partial charge in [0.2, 0.25) is 5.91 Å². The van der Waals surface area contributed by atoms with Crippen LogP contribution in [0.2, 0.25) is 0 Å². The minimum Gasteiger partial charge on any atom is -0.534 e. The zero-order valence-corrected chi connectivity index (χ0v) is 18.4. The second-order valence-electron chi connectivity index (χ2n) is 8.82. The summed E-state index contributed by atoms with van der Waals surface area (Å²) in [7, 11) is -1.34. The molecule has 1 fully saturated rings. The summed E-state index contributed by atoms with van der Waals surface area (Å²) in [6, 6.07) is 8.21. The third-order valence-corrected chi connectivity index (χ3v) is 6.31. The van der Waals surface area contributed by atoms with E-state index in [2.05, 4.69) is 15.6 Å². The maximum absolute atomic E-state index is 12.5. The molecule has 2 unspecified atom stereocenters. The summed E-state index contributed by atoms with van der Waals surface area (Å²) in [6.07, 6.45) is 5.90. The topological polar surface area (TPSA) is 147 Å². The Labute approximate surface area is 192 Å². The van der Waals surface area contributed by atoms with Gasteiger partial charge >= 0.3 is 13.1 Å². The number of nitrogens with one attached hydrogen (secondary N) is 2. The van der Waals surface area contributed by atoms with Crippen molar-refractivity contribution in [1.29, 1.82) is 0 Å². The van der Waals surface area contributed by atoms with Gasteiger partial charge in [0.1, 0.15) is 5.75 Å². The molecule has 0 spiro atoms. The number of carbonyl (C=O) groups excluding carboxylic acids is 1. The molecule has 1 aromatic carbocycles. The first-order chi connectivity index (χ1) is 15.9. The highest BCUT2D eigenvalue weighted by Gasteiger charge is 2.37. The zero-order valence-electron chi connectivity index (χ0n) is 18.4. The number of para-hydroxylation sites is 1. The Morgan fingerprint density at radius 1 is 1.27 bits per heavy atom. The molecular formula is C23H29BN4O5. The van der Waals surface area contributed by atoms with Gasteiger partial charge in [-0.2, -0.15) is 0 Å². The molecule has 33 heavy (non-hydrogen) atoms. The van der Waals surface area contributed by atoms with E-state index in [1.807, 2.05) is 12.1 Å². The van der Waals surface area contributed by atoms with E-state index < -0.39 is 19.0 Å². The van der Waals surface area contributed by atoms with E-state index in [0.717, 1.165) is 23.7 Å². The van der Waals surface area contributed by atoms with Crippen molar-refractivity contribution in [3.63, 3.8) is 0 Å². The van der Waals surface area contributed by atoms with Crippen LogP contribution in [0.3, 0.4) is 0 Å². The molecule has 4 rings (SSSR count). The third-order valence-electron chi connectivity index (χ3n) is 6.31. The SMILES string of the molecule is NC(CNCC1CCC1)c1ccc(CC(=O)NC2Cc3cccc(C(=O)O)c3OB2O)cn1. The molecule has 2 atom stereocenters. The second kappa shape index (κ2) is 10.3. The van der Waals surface area contributed by atoms with Crippen molar-refractivity contribution in [3.05, 3.63) is 58.9 Å². The van der Waals surface area contributed by atoms with E-state index in [1.165, 1.54) is 25.3 Å². The lowest BCUT2D eigenvalue weighted by Crippen LogP contribution is -2.53. The molecule has 1 aromatic heterocycles. The van der Waals surface area contributed by atoms with E-state index in [1.54, 1.807) is 18.3 Å². The number of carboxylic acid groups (broad SMARTS) is 1. The van der Waals surface area contributed by atoms with Crippen LogP contribution in [0.4, 0.5) is 0 Å². The Morgan fingerprint density at radius 3 is 2.76 bits per heavy atom. The van der Waals surface area contributed by atoms with Crippen LogP contribution in [0.1, 0.15) is 52.5 Å². The highest BCUT2D eigenvalue weighted by molar-refractivity contribution is 6.47. The van der Waals surface area contributed by atoms with Gasteiger partial charge in [0.05, 0.1) is 29.7 Å². The molecule has 1 saturated carbocycles. The number of benzene rings is 1. The fraction of sp³-hybridized carbons (Fsp3) is 0.435. The van der Waals surface area contributed by atoms with Crippen LogP contribution < -0.4 is 21.0 Å². The largest absolute Gasteiger partial charge is 0.547 e. The van der Waals surface area contributed by atoms with Gasteiger partial charge < -0.3 is 31.2 Å². The molecular weight excluding hydrogens is 423 g/mol. The average molecular weight is 452 g/mol. The Morgan fingerprint density at radius 2 is 2.09 bits per heavy atom. The van der Waals surface area contributed by atoms with Gasteiger partial charge in [0.25, 0.3) is 0 Å². The normalized spacial score (nSPS) is 18.6. The molecule has 9 nitrogen and oxygen atoms in total. The van der Waals surface area contributed by atoms with Crippen molar-refractivity contribution in [2.45, 2.75) is 44.1 Å². The number of hydrogen-bond donors (Lipinski definition) is 5. The summed E-state index contributed by atoms with van der Waals surface area (Å²) in [6.45, 7) is 1.65. The zero-order chi connectivity index (χ0) is 23.4. The molecule has 2 aliphatic rings. The predicted molar refractivity (Wildman–Crippen MR) is 123 cm³/mol. The molecule has 2 aromatic rings. The number of carboxylic acids is 1. The highest BCUT2D eigenvalue weighted by Crippen LogP contribution is 2.30. The van der Waals surface area contributed by atoms with Crippen molar-refractivity contribution in [1.82, 2.24) is 15.6 Å². The van der Waals surface area contributed by atoms with Crippen LogP contribution in [0.15, 0.2) is 36.5 Å². The van der Waals surface area contributed by atoms with E-state index in [4.69, 9.17) is 10.4 Å². The number of hydrogen-bond acceptors (Lipinski definition) is 7. The summed E-state index contributed by atoms with van der Waals surface area (Å²) in [5.74, 6) is -1.20. The van der Waals surface area contributed by atoms with Crippen molar-refractivity contribution in [2.75, 3.05) is 13.1 Å². The van der Waals surface area contributed by atoms with Gasteiger partial charge in [-0.05, 0) is 55.0 Å². The fourth-order valence-corrected chi connectivity index (χ4v) is 4.16. The number of rotatable bonds is 9.